The van der Waals surface area contributed by atoms with Gasteiger partial charge in [0, 0.05) is 0 Å². The van der Waals surface area contributed by atoms with Gasteiger partial charge in [-0.1, -0.05) is 23.8 Å². The van der Waals surface area contributed by atoms with Crippen LogP contribution in [-0.2, 0) is 6.42 Å². The average Bonchev–Trinajstić information content (AvgIpc) is 2.94. The molecule has 0 amide bonds. The monoisotopic (exact) mass is 273 g/mol. The molecular weight excluding hydrogens is 246 g/mol. The van der Waals surface area contributed by atoms with Gasteiger partial charge < -0.3 is 9.64 Å². The Hall–Kier alpha value is -1.28. The molecule has 0 unspecified atom stereocenters. The van der Waals surface area contributed by atoms with Crippen LogP contribution in [0.5, 0.6) is 5.75 Å². The first kappa shape index (κ1) is 15.1. The van der Waals surface area contributed by atoms with Crippen molar-refractivity contribution in [1.82, 2.24) is 4.90 Å². The molecule has 1 aromatic carbocycles. The van der Waals surface area contributed by atoms with Gasteiger partial charge >= 0.3 is 0 Å². The Morgan fingerprint density at radius 2 is 2.05 bits per heavy atom. The molecule has 1 fully saturated rings. The van der Waals surface area contributed by atoms with Crippen molar-refractivity contribution in [1.29, 1.82) is 0 Å². The van der Waals surface area contributed by atoms with E-state index in [1.807, 2.05) is 6.08 Å². The van der Waals surface area contributed by atoms with Crippen molar-refractivity contribution in [2.45, 2.75) is 39.0 Å². The number of allylic oxidation sites excluding steroid dienone is 1. The fourth-order valence-corrected chi connectivity index (χ4v) is 2.79. The third-order valence-electron chi connectivity index (χ3n) is 3.91. The number of nitrogens with zero attached hydrogens (tertiary/aromatic N) is 1. The molecule has 0 radical (unpaired) electrons. The minimum Gasteiger partial charge on any atom is -0.493 e. The van der Waals surface area contributed by atoms with Gasteiger partial charge in [-0.25, -0.2) is 0 Å². The van der Waals surface area contributed by atoms with E-state index in [1.165, 1.54) is 50.0 Å². The highest BCUT2D eigenvalue weighted by Crippen LogP contribution is 2.21. The molecular formula is C18H27NO. The van der Waals surface area contributed by atoms with Crippen molar-refractivity contribution in [3.05, 3.63) is 42.0 Å². The van der Waals surface area contributed by atoms with E-state index < -0.39 is 0 Å². The summed E-state index contributed by atoms with van der Waals surface area (Å²) in [5, 5.41) is 0. The van der Waals surface area contributed by atoms with Gasteiger partial charge in [0.1, 0.15) is 5.75 Å². The lowest BCUT2D eigenvalue weighted by Crippen LogP contribution is -2.20. The lowest BCUT2D eigenvalue weighted by Gasteiger charge is -2.15. The highest BCUT2D eigenvalue weighted by atomic mass is 16.5. The van der Waals surface area contributed by atoms with Gasteiger partial charge in [0.25, 0.3) is 0 Å². The predicted octanol–water partition coefficient (Wildman–Crippen LogP) is 3.98. The van der Waals surface area contributed by atoms with Gasteiger partial charge in [-0.2, -0.15) is 0 Å². The smallest absolute Gasteiger partial charge is 0.122 e. The first-order valence-corrected chi connectivity index (χ1v) is 7.85. The molecule has 1 saturated heterocycles. The zero-order chi connectivity index (χ0) is 14.2. The van der Waals surface area contributed by atoms with Crippen LogP contribution >= 0.6 is 0 Å². The molecule has 0 N–H and O–H groups in total. The molecule has 1 aliphatic heterocycles. The number of ether oxygens (including phenoxy) is 1. The summed E-state index contributed by atoms with van der Waals surface area (Å²) in [6, 6.07) is 6.40. The van der Waals surface area contributed by atoms with Crippen LogP contribution in [0.3, 0.4) is 0 Å². The Morgan fingerprint density at radius 1 is 1.25 bits per heavy atom. The van der Waals surface area contributed by atoms with Crippen LogP contribution in [0.15, 0.2) is 30.9 Å². The quantitative estimate of drug-likeness (QED) is 0.525. The van der Waals surface area contributed by atoms with Crippen molar-refractivity contribution in [3.8, 4) is 5.75 Å². The van der Waals surface area contributed by atoms with Crippen LogP contribution in [0.2, 0.25) is 0 Å². The maximum atomic E-state index is 5.94. The zero-order valence-electron chi connectivity index (χ0n) is 12.7. The molecule has 20 heavy (non-hydrogen) atoms. The molecule has 0 bridgehead atoms. The van der Waals surface area contributed by atoms with E-state index in [2.05, 4.69) is 36.6 Å². The van der Waals surface area contributed by atoms with Gasteiger partial charge in [0.2, 0.25) is 0 Å². The molecule has 2 nitrogen and oxygen atoms in total. The number of likely N-dealkylation sites (tertiary alicyclic amines) is 1. The number of hydrogen-bond acceptors (Lipinski definition) is 2. The summed E-state index contributed by atoms with van der Waals surface area (Å²) in [4.78, 5) is 2.56. The average molecular weight is 273 g/mol. The molecule has 0 aliphatic carbocycles. The number of rotatable bonds is 8. The third-order valence-corrected chi connectivity index (χ3v) is 3.91. The summed E-state index contributed by atoms with van der Waals surface area (Å²) in [6.07, 6.45) is 7.95. The van der Waals surface area contributed by atoms with E-state index in [4.69, 9.17) is 4.74 Å². The van der Waals surface area contributed by atoms with Gasteiger partial charge in [-0.15, -0.1) is 6.58 Å². The van der Waals surface area contributed by atoms with E-state index >= 15 is 0 Å². The Kier molecular flexibility index (Phi) is 6.13. The Balaban J connectivity index is 1.71. The minimum absolute atomic E-state index is 0.820. The second kappa shape index (κ2) is 8.11. The molecule has 0 aromatic heterocycles. The molecule has 1 heterocycles. The molecule has 2 rings (SSSR count). The fraction of sp³-hybridized carbons (Fsp3) is 0.556. The van der Waals surface area contributed by atoms with Crippen molar-refractivity contribution >= 4 is 0 Å². The first-order valence-electron chi connectivity index (χ1n) is 7.85. The van der Waals surface area contributed by atoms with Gasteiger partial charge in [-0.05, 0) is 70.3 Å². The van der Waals surface area contributed by atoms with Gasteiger partial charge in [0.15, 0.2) is 0 Å². The zero-order valence-corrected chi connectivity index (χ0v) is 12.7. The predicted molar refractivity (Wildman–Crippen MR) is 85.5 cm³/mol. The summed E-state index contributed by atoms with van der Waals surface area (Å²) < 4.78 is 5.94. The molecule has 1 aliphatic rings. The number of unbranched alkanes of at least 4 members (excludes halogenated alkanes) is 1. The fourth-order valence-electron chi connectivity index (χ4n) is 2.79. The molecule has 2 heteroatoms. The number of hydrogen-bond donors (Lipinski definition) is 0. The van der Waals surface area contributed by atoms with E-state index in [-0.39, 0.29) is 0 Å². The maximum absolute atomic E-state index is 5.94. The molecule has 0 atom stereocenters. The molecule has 110 valence electrons. The second-order valence-electron chi connectivity index (χ2n) is 5.71. The van der Waals surface area contributed by atoms with Crippen LogP contribution in [-0.4, -0.2) is 31.1 Å². The van der Waals surface area contributed by atoms with E-state index in [0.717, 1.165) is 25.2 Å². The van der Waals surface area contributed by atoms with Crippen LogP contribution in [0.4, 0.5) is 0 Å². The van der Waals surface area contributed by atoms with E-state index in [1.54, 1.807) is 0 Å². The number of benzene rings is 1. The molecule has 0 saturated carbocycles. The van der Waals surface area contributed by atoms with E-state index in [0.29, 0.717) is 0 Å². The van der Waals surface area contributed by atoms with Crippen LogP contribution in [0.25, 0.3) is 0 Å². The summed E-state index contributed by atoms with van der Waals surface area (Å²) >= 11 is 0. The molecule has 0 spiro atoms. The highest BCUT2D eigenvalue weighted by Gasteiger charge is 2.10. The van der Waals surface area contributed by atoms with Crippen LogP contribution in [0, 0.1) is 6.92 Å². The standard InChI is InChI=1S/C18H27NO/c1-3-8-17-15-16(2)9-10-18(17)20-14-7-6-13-19-11-4-5-12-19/h3,9-10,15H,1,4-8,11-14H2,2H3. The largest absolute Gasteiger partial charge is 0.493 e. The maximum Gasteiger partial charge on any atom is 0.122 e. The molecule has 1 aromatic rings. The van der Waals surface area contributed by atoms with E-state index in [9.17, 15) is 0 Å². The normalized spacial score (nSPS) is 15.4. The minimum atomic E-state index is 0.820. The lowest BCUT2D eigenvalue weighted by molar-refractivity contribution is 0.278. The van der Waals surface area contributed by atoms with Crippen molar-refractivity contribution in [2.24, 2.45) is 0 Å². The van der Waals surface area contributed by atoms with Gasteiger partial charge in [-0.3, -0.25) is 0 Å². The first-order chi connectivity index (χ1) is 9.79. The van der Waals surface area contributed by atoms with Crippen molar-refractivity contribution < 1.29 is 4.74 Å². The summed E-state index contributed by atoms with van der Waals surface area (Å²) in [7, 11) is 0. The Morgan fingerprint density at radius 3 is 2.80 bits per heavy atom. The van der Waals surface area contributed by atoms with Gasteiger partial charge in [0.05, 0.1) is 6.61 Å². The van der Waals surface area contributed by atoms with Crippen LogP contribution in [0.1, 0.15) is 36.8 Å². The van der Waals surface area contributed by atoms with Crippen molar-refractivity contribution in [2.75, 3.05) is 26.2 Å². The third kappa shape index (κ3) is 4.68. The topological polar surface area (TPSA) is 12.5 Å². The second-order valence-corrected chi connectivity index (χ2v) is 5.71. The van der Waals surface area contributed by atoms with Crippen LogP contribution < -0.4 is 4.74 Å². The lowest BCUT2D eigenvalue weighted by atomic mass is 10.1. The SMILES string of the molecule is C=CCc1cc(C)ccc1OCCCCN1CCCC1. The Bertz CT molecular complexity index is 421. The Labute approximate surface area is 123 Å². The highest BCUT2D eigenvalue weighted by molar-refractivity contribution is 5.38. The summed E-state index contributed by atoms with van der Waals surface area (Å²) in [5.41, 5.74) is 2.53. The summed E-state index contributed by atoms with van der Waals surface area (Å²) in [5.74, 6) is 1.02. The van der Waals surface area contributed by atoms with Crippen molar-refractivity contribution in [3.63, 3.8) is 0 Å². The number of aryl methyl sites for hydroxylation is 1. The summed E-state index contributed by atoms with van der Waals surface area (Å²) in [6.45, 7) is 10.6.